The minimum Gasteiger partial charge on any atom is -0.491 e. The molecule has 0 aromatic heterocycles. The molecule has 0 saturated carbocycles. The molecule has 2 aromatic rings. The quantitative estimate of drug-likeness (QED) is 0.530. The molecule has 1 fully saturated rings. The first-order chi connectivity index (χ1) is 13.5. The first-order valence-electron chi connectivity index (χ1n) is 9.26. The average Bonchev–Trinajstić information content (AvgIpc) is 2.73. The van der Waals surface area contributed by atoms with Gasteiger partial charge in [0.05, 0.1) is 31.1 Å². The molecule has 28 heavy (non-hydrogen) atoms. The van der Waals surface area contributed by atoms with Gasteiger partial charge in [-0.2, -0.15) is 0 Å². The van der Waals surface area contributed by atoms with Crippen molar-refractivity contribution in [2.45, 2.75) is 6.10 Å². The second-order valence-corrected chi connectivity index (χ2v) is 6.83. The van der Waals surface area contributed by atoms with E-state index in [1.54, 1.807) is 0 Å². The number of carbonyl (C=O) groups is 1. The maximum atomic E-state index is 12.5. The Bertz CT molecular complexity index is 789. The zero-order valence-corrected chi connectivity index (χ0v) is 15.5. The smallest absolute Gasteiger partial charge is 0.269 e. The van der Waals surface area contributed by atoms with Gasteiger partial charge >= 0.3 is 0 Å². The van der Waals surface area contributed by atoms with Crippen LogP contribution in [0.4, 0.5) is 5.69 Å². The van der Waals surface area contributed by atoms with Gasteiger partial charge in [-0.15, -0.1) is 0 Å². The molecule has 8 heteroatoms. The van der Waals surface area contributed by atoms with Gasteiger partial charge in [-0.1, -0.05) is 18.2 Å². The van der Waals surface area contributed by atoms with Crippen LogP contribution in [-0.4, -0.2) is 66.3 Å². The third-order valence-corrected chi connectivity index (χ3v) is 4.79. The molecule has 2 aromatic carbocycles. The number of quaternary nitrogens is 1. The molecule has 0 unspecified atom stereocenters. The minimum atomic E-state index is -0.651. The highest BCUT2D eigenvalue weighted by Crippen LogP contribution is 2.17. The normalized spacial score (nSPS) is 15.8. The van der Waals surface area contributed by atoms with Crippen molar-refractivity contribution >= 4 is 11.6 Å². The summed E-state index contributed by atoms with van der Waals surface area (Å²) >= 11 is 0. The van der Waals surface area contributed by atoms with Crippen LogP contribution in [0.15, 0.2) is 54.6 Å². The number of amides is 1. The van der Waals surface area contributed by atoms with Crippen LogP contribution in [0.1, 0.15) is 10.4 Å². The van der Waals surface area contributed by atoms with Gasteiger partial charge in [0.15, 0.2) is 0 Å². The number of aliphatic hydroxyl groups is 1. The van der Waals surface area contributed by atoms with E-state index in [-0.39, 0.29) is 18.2 Å². The fourth-order valence-electron chi connectivity index (χ4n) is 3.24. The largest absolute Gasteiger partial charge is 0.491 e. The van der Waals surface area contributed by atoms with E-state index in [4.69, 9.17) is 4.74 Å². The highest BCUT2D eigenvalue weighted by atomic mass is 16.6. The molecule has 3 rings (SSSR count). The number of piperazine rings is 1. The van der Waals surface area contributed by atoms with Crippen molar-refractivity contribution in [2.75, 3.05) is 39.3 Å². The van der Waals surface area contributed by atoms with E-state index in [1.807, 2.05) is 35.2 Å². The van der Waals surface area contributed by atoms with Crippen LogP contribution in [0.2, 0.25) is 0 Å². The molecule has 1 aliphatic rings. The molecule has 0 bridgehead atoms. The zero-order valence-electron chi connectivity index (χ0n) is 15.5. The van der Waals surface area contributed by atoms with Crippen molar-refractivity contribution in [3.8, 4) is 5.75 Å². The number of carbonyl (C=O) groups excluding carboxylic acids is 1. The first-order valence-corrected chi connectivity index (χ1v) is 9.26. The number of hydrogen-bond acceptors (Lipinski definition) is 5. The van der Waals surface area contributed by atoms with Crippen LogP contribution in [0.25, 0.3) is 0 Å². The number of nitrogens with zero attached hydrogens (tertiary/aromatic N) is 2. The molecule has 1 heterocycles. The molecule has 0 aliphatic carbocycles. The molecule has 1 saturated heterocycles. The third kappa shape index (κ3) is 5.28. The number of nitrogens with one attached hydrogen (secondary N) is 1. The fourth-order valence-corrected chi connectivity index (χ4v) is 3.24. The Kier molecular flexibility index (Phi) is 6.57. The maximum absolute atomic E-state index is 12.5. The highest BCUT2D eigenvalue weighted by Gasteiger charge is 2.26. The van der Waals surface area contributed by atoms with Crippen molar-refractivity contribution < 1.29 is 24.5 Å². The molecule has 0 spiro atoms. The molecule has 8 nitrogen and oxygen atoms in total. The lowest BCUT2D eigenvalue weighted by atomic mass is 10.2. The van der Waals surface area contributed by atoms with E-state index in [0.717, 1.165) is 13.1 Å². The SMILES string of the molecule is O=C(c1ccccc1)N1CC[NH+](C[C@H](O)COc2ccc([N+](=O)[O-])cc2)CC1. The lowest BCUT2D eigenvalue weighted by molar-refractivity contribution is -0.907. The van der Waals surface area contributed by atoms with Gasteiger partial charge in [-0.05, 0) is 24.3 Å². The van der Waals surface area contributed by atoms with E-state index in [9.17, 15) is 20.0 Å². The van der Waals surface area contributed by atoms with Crippen LogP contribution in [-0.2, 0) is 0 Å². The number of nitro benzene ring substituents is 1. The van der Waals surface area contributed by atoms with Crippen LogP contribution < -0.4 is 9.64 Å². The number of nitro groups is 1. The van der Waals surface area contributed by atoms with Gasteiger partial charge in [0.1, 0.15) is 25.0 Å². The Morgan fingerprint density at radius 3 is 2.39 bits per heavy atom. The summed E-state index contributed by atoms with van der Waals surface area (Å²) in [5.74, 6) is 0.527. The maximum Gasteiger partial charge on any atom is 0.269 e. The van der Waals surface area contributed by atoms with Gasteiger partial charge in [-0.3, -0.25) is 14.9 Å². The van der Waals surface area contributed by atoms with Crippen LogP contribution in [0.5, 0.6) is 5.75 Å². The number of benzene rings is 2. The standard InChI is InChI=1S/C20H23N3O5/c24-18(15-28-19-8-6-17(7-9-19)23(26)27)14-21-10-12-22(13-11-21)20(25)16-4-2-1-3-5-16/h1-9,18,24H,10-15H2/p+1/t18-/m0/s1. The molecule has 0 radical (unpaired) electrons. The monoisotopic (exact) mass is 386 g/mol. The predicted molar refractivity (Wildman–Crippen MR) is 103 cm³/mol. The zero-order chi connectivity index (χ0) is 19.9. The Morgan fingerprint density at radius 2 is 1.79 bits per heavy atom. The first kappa shape index (κ1) is 19.8. The van der Waals surface area contributed by atoms with E-state index in [0.29, 0.717) is 30.9 Å². The minimum absolute atomic E-state index is 0.000244. The summed E-state index contributed by atoms with van der Waals surface area (Å²) in [6, 6.07) is 15.0. The van der Waals surface area contributed by atoms with Gasteiger partial charge in [-0.25, -0.2) is 0 Å². The van der Waals surface area contributed by atoms with E-state index in [1.165, 1.54) is 29.2 Å². The second-order valence-electron chi connectivity index (χ2n) is 6.83. The van der Waals surface area contributed by atoms with E-state index >= 15 is 0 Å². The van der Waals surface area contributed by atoms with Crippen molar-refractivity contribution in [3.05, 3.63) is 70.3 Å². The number of ether oxygens (including phenoxy) is 1. The lowest BCUT2D eigenvalue weighted by Crippen LogP contribution is -3.16. The number of hydrogen-bond donors (Lipinski definition) is 2. The summed E-state index contributed by atoms with van der Waals surface area (Å²) < 4.78 is 5.51. The second kappa shape index (κ2) is 9.29. The summed E-state index contributed by atoms with van der Waals surface area (Å²) in [5.41, 5.74) is 0.697. The summed E-state index contributed by atoms with van der Waals surface area (Å²) in [6.45, 7) is 3.49. The Labute approximate surface area is 163 Å². The Morgan fingerprint density at radius 1 is 1.14 bits per heavy atom. The van der Waals surface area contributed by atoms with E-state index < -0.39 is 11.0 Å². The van der Waals surface area contributed by atoms with E-state index in [2.05, 4.69) is 0 Å². The fraction of sp³-hybridized carbons (Fsp3) is 0.350. The molecule has 148 valence electrons. The summed E-state index contributed by atoms with van der Waals surface area (Å²) in [7, 11) is 0. The van der Waals surface area contributed by atoms with Crippen molar-refractivity contribution in [3.63, 3.8) is 0 Å². The molecular formula is C20H24N3O5+. The van der Waals surface area contributed by atoms with Crippen LogP contribution in [0.3, 0.4) is 0 Å². The van der Waals surface area contributed by atoms with Crippen molar-refractivity contribution in [2.24, 2.45) is 0 Å². The molecule has 1 aliphatic heterocycles. The van der Waals surface area contributed by atoms with Crippen LogP contribution >= 0.6 is 0 Å². The highest BCUT2D eigenvalue weighted by molar-refractivity contribution is 5.94. The topological polar surface area (TPSA) is 97.4 Å². The van der Waals surface area contributed by atoms with Gasteiger partial charge in [0, 0.05) is 17.7 Å². The van der Waals surface area contributed by atoms with Gasteiger partial charge in [0.2, 0.25) is 0 Å². The predicted octanol–water partition coefficient (Wildman–Crippen LogP) is 0.375. The number of aliphatic hydroxyl groups excluding tert-OH is 1. The molecular weight excluding hydrogens is 362 g/mol. The number of non-ortho nitro benzene ring substituents is 1. The summed E-state index contributed by atoms with van der Waals surface area (Å²) in [4.78, 5) is 25.7. The summed E-state index contributed by atoms with van der Waals surface area (Å²) in [6.07, 6.45) is -0.651. The lowest BCUT2D eigenvalue weighted by Gasteiger charge is -2.33. The van der Waals surface area contributed by atoms with Crippen molar-refractivity contribution in [1.29, 1.82) is 0 Å². The number of rotatable bonds is 7. The summed E-state index contributed by atoms with van der Waals surface area (Å²) in [5, 5.41) is 20.9. The van der Waals surface area contributed by atoms with Crippen molar-refractivity contribution in [1.82, 2.24) is 4.90 Å². The van der Waals surface area contributed by atoms with Gasteiger partial charge < -0.3 is 19.6 Å². The average molecular weight is 386 g/mol. The Hall–Kier alpha value is -2.97. The Balaban J connectivity index is 1.40. The third-order valence-electron chi connectivity index (χ3n) is 4.79. The molecule has 1 amide bonds. The van der Waals surface area contributed by atoms with Gasteiger partial charge in [0.25, 0.3) is 11.6 Å². The van der Waals surface area contributed by atoms with Crippen LogP contribution in [0, 0.1) is 10.1 Å². The molecule has 1 atom stereocenters. The molecule has 2 N–H and O–H groups in total.